The van der Waals surface area contributed by atoms with Gasteiger partial charge >= 0.3 is 5.69 Å². The van der Waals surface area contributed by atoms with E-state index < -0.39 is 4.92 Å². The molecule has 0 saturated carbocycles. The van der Waals surface area contributed by atoms with E-state index in [4.69, 9.17) is 9.47 Å². The number of ether oxygens (including phenoxy) is 2. The van der Waals surface area contributed by atoms with Crippen LogP contribution in [0, 0.1) is 24.0 Å². The molecule has 0 aliphatic heterocycles. The number of nitrogens with zero attached hydrogens (tertiary/aromatic N) is 5. The summed E-state index contributed by atoms with van der Waals surface area (Å²) < 4.78 is 11.9. The van der Waals surface area contributed by atoms with Crippen LogP contribution in [0.15, 0.2) is 30.6 Å². The predicted octanol–water partition coefficient (Wildman–Crippen LogP) is 2.95. The van der Waals surface area contributed by atoms with Crippen molar-refractivity contribution in [3.63, 3.8) is 0 Å². The summed E-state index contributed by atoms with van der Waals surface area (Å²) >= 11 is 0. The van der Waals surface area contributed by atoms with E-state index in [-0.39, 0.29) is 17.3 Å². The second-order valence-corrected chi connectivity index (χ2v) is 5.68. The lowest BCUT2D eigenvalue weighted by Crippen LogP contribution is -2.10. The van der Waals surface area contributed by atoms with Crippen LogP contribution in [-0.4, -0.2) is 38.9 Å². The Bertz CT molecular complexity index is 1000. The molecule has 3 rings (SSSR count). The van der Waals surface area contributed by atoms with E-state index in [0.717, 1.165) is 11.4 Å². The fraction of sp³-hybridized carbons (Fsp3) is 0.235. The molecule has 140 valence electrons. The number of nitrogens with one attached hydrogen (secondary N) is 1. The fourth-order valence-corrected chi connectivity index (χ4v) is 2.66. The standard InChI is InChI=1S/C17H18N6O4/c1-10-7-11(2)22(21-10)17-15(23(24)25)16(18-9-19-17)20-13-6-5-12(26-3)8-14(13)27-4/h5-9H,1-4H3,(H,18,19,20). The smallest absolute Gasteiger partial charge is 0.355 e. The monoisotopic (exact) mass is 370 g/mol. The van der Waals surface area contributed by atoms with Crippen molar-refractivity contribution in [3.05, 3.63) is 52.1 Å². The van der Waals surface area contributed by atoms with E-state index in [9.17, 15) is 10.1 Å². The minimum Gasteiger partial charge on any atom is -0.497 e. The highest BCUT2D eigenvalue weighted by Crippen LogP contribution is 2.35. The lowest BCUT2D eigenvalue weighted by Gasteiger charge is -2.13. The quantitative estimate of drug-likeness (QED) is 0.520. The molecule has 1 aromatic carbocycles. The van der Waals surface area contributed by atoms with Gasteiger partial charge in [0.25, 0.3) is 0 Å². The molecule has 10 heteroatoms. The Morgan fingerprint density at radius 2 is 1.93 bits per heavy atom. The first-order valence-corrected chi connectivity index (χ1v) is 7.96. The maximum absolute atomic E-state index is 11.8. The van der Waals surface area contributed by atoms with Crippen molar-refractivity contribution in [2.24, 2.45) is 0 Å². The molecule has 0 bridgehead atoms. The van der Waals surface area contributed by atoms with Gasteiger partial charge in [0.05, 0.1) is 30.5 Å². The van der Waals surface area contributed by atoms with Gasteiger partial charge in [0.2, 0.25) is 11.6 Å². The van der Waals surface area contributed by atoms with Gasteiger partial charge in [0, 0.05) is 11.8 Å². The highest BCUT2D eigenvalue weighted by molar-refractivity contribution is 5.73. The van der Waals surface area contributed by atoms with Crippen molar-refractivity contribution < 1.29 is 14.4 Å². The molecule has 27 heavy (non-hydrogen) atoms. The summed E-state index contributed by atoms with van der Waals surface area (Å²) in [6, 6.07) is 6.87. The van der Waals surface area contributed by atoms with Crippen LogP contribution < -0.4 is 14.8 Å². The number of aromatic nitrogens is 4. The zero-order chi connectivity index (χ0) is 19.6. The number of hydrogen-bond acceptors (Lipinski definition) is 8. The second-order valence-electron chi connectivity index (χ2n) is 5.68. The van der Waals surface area contributed by atoms with Crippen LogP contribution in [0.4, 0.5) is 17.2 Å². The number of methoxy groups -OCH3 is 2. The lowest BCUT2D eigenvalue weighted by molar-refractivity contribution is -0.384. The van der Waals surface area contributed by atoms with E-state index in [0.29, 0.717) is 17.2 Å². The largest absolute Gasteiger partial charge is 0.497 e. The third-order valence-electron chi connectivity index (χ3n) is 3.86. The van der Waals surface area contributed by atoms with Crippen LogP contribution >= 0.6 is 0 Å². The minimum absolute atomic E-state index is 0.0287. The summed E-state index contributed by atoms with van der Waals surface area (Å²) in [4.78, 5) is 19.4. The number of aryl methyl sites for hydroxylation is 2. The highest BCUT2D eigenvalue weighted by Gasteiger charge is 2.26. The van der Waals surface area contributed by atoms with Gasteiger partial charge in [-0.15, -0.1) is 0 Å². The summed E-state index contributed by atoms with van der Waals surface area (Å²) in [5.74, 6) is 1.16. The average Bonchev–Trinajstić information content (AvgIpc) is 2.99. The van der Waals surface area contributed by atoms with Crippen LogP contribution in [0.5, 0.6) is 11.5 Å². The number of anilines is 2. The molecule has 3 aromatic rings. The minimum atomic E-state index is -0.538. The SMILES string of the molecule is COc1ccc(Nc2ncnc(-n3nc(C)cc3C)c2[N+](=O)[O-])c(OC)c1. The van der Waals surface area contributed by atoms with Gasteiger partial charge in [0.15, 0.2) is 0 Å². The van der Waals surface area contributed by atoms with Gasteiger partial charge in [0.1, 0.15) is 17.8 Å². The summed E-state index contributed by atoms with van der Waals surface area (Å²) in [5, 5.41) is 19.0. The van der Waals surface area contributed by atoms with Gasteiger partial charge in [-0.1, -0.05) is 0 Å². The van der Waals surface area contributed by atoms with Crippen LogP contribution in [0.1, 0.15) is 11.4 Å². The first-order chi connectivity index (χ1) is 12.9. The maximum Gasteiger partial charge on any atom is 0.355 e. The van der Waals surface area contributed by atoms with Gasteiger partial charge in [-0.3, -0.25) is 10.1 Å². The Kier molecular flexibility index (Phi) is 4.88. The van der Waals surface area contributed by atoms with Gasteiger partial charge < -0.3 is 14.8 Å². The van der Waals surface area contributed by atoms with E-state index in [1.807, 2.05) is 6.07 Å². The maximum atomic E-state index is 11.8. The molecular weight excluding hydrogens is 352 g/mol. The predicted molar refractivity (Wildman–Crippen MR) is 98.1 cm³/mol. The molecule has 0 fully saturated rings. The van der Waals surface area contributed by atoms with Crippen LogP contribution in [-0.2, 0) is 0 Å². The first-order valence-electron chi connectivity index (χ1n) is 7.96. The molecule has 0 atom stereocenters. The number of hydrogen-bond donors (Lipinski definition) is 1. The van der Waals surface area contributed by atoms with Crippen molar-refractivity contribution in [1.29, 1.82) is 0 Å². The van der Waals surface area contributed by atoms with Crippen molar-refractivity contribution in [3.8, 4) is 17.3 Å². The second kappa shape index (κ2) is 7.28. The molecule has 0 unspecified atom stereocenters. The Labute approximate surface area is 154 Å². The molecule has 0 amide bonds. The Hall–Kier alpha value is -3.69. The van der Waals surface area contributed by atoms with Gasteiger partial charge in [-0.2, -0.15) is 5.10 Å². The molecule has 1 N–H and O–H groups in total. The summed E-state index contributed by atoms with van der Waals surface area (Å²) in [7, 11) is 3.04. The Morgan fingerprint density at radius 1 is 1.15 bits per heavy atom. The Balaban J connectivity index is 2.11. The molecule has 10 nitrogen and oxygen atoms in total. The van der Waals surface area contributed by atoms with E-state index in [2.05, 4.69) is 20.4 Å². The normalized spacial score (nSPS) is 10.5. The van der Waals surface area contributed by atoms with Crippen molar-refractivity contribution in [1.82, 2.24) is 19.7 Å². The topological polar surface area (TPSA) is 117 Å². The highest BCUT2D eigenvalue weighted by atomic mass is 16.6. The summed E-state index contributed by atoms with van der Waals surface area (Å²) in [5.41, 5.74) is 1.66. The molecule has 0 saturated heterocycles. The number of benzene rings is 1. The third-order valence-corrected chi connectivity index (χ3v) is 3.86. The van der Waals surface area contributed by atoms with Gasteiger partial charge in [-0.25, -0.2) is 14.6 Å². The average molecular weight is 370 g/mol. The van der Waals surface area contributed by atoms with Crippen LogP contribution in [0.2, 0.25) is 0 Å². The molecular formula is C17H18N6O4. The zero-order valence-electron chi connectivity index (χ0n) is 15.3. The number of nitro groups is 1. The molecule has 0 aliphatic rings. The molecule has 0 radical (unpaired) electrons. The summed E-state index contributed by atoms with van der Waals surface area (Å²) in [6.07, 6.45) is 1.25. The van der Waals surface area contributed by atoms with Crippen molar-refractivity contribution in [2.45, 2.75) is 13.8 Å². The zero-order valence-corrected chi connectivity index (χ0v) is 15.3. The van der Waals surface area contributed by atoms with Crippen LogP contribution in [0.25, 0.3) is 5.82 Å². The van der Waals surface area contributed by atoms with Gasteiger partial charge in [-0.05, 0) is 32.0 Å². The first kappa shape index (κ1) is 18.1. The van der Waals surface area contributed by atoms with E-state index in [1.54, 1.807) is 32.0 Å². The summed E-state index contributed by atoms with van der Waals surface area (Å²) in [6.45, 7) is 3.60. The molecule has 2 heterocycles. The van der Waals surface area contributed by atoms with Crippen molar-refractivity contribution in [2.75, 3.05) is 19.5 Å². The van der Waals surface area contributed by atoms with Crippen molar-refractivity contribution >= 4 is 17.2 Å². The molecule has 0 aliphatic carbocycles. The molecule has 2 aromatic heterocycles. The lowest BCUT2D eigenvalue weighted by atomic mass is 10.2. The van der Waals surface area contributed by atoms with E-state index in [1.165, 1.54) is 25.2 Å². The Morgan fingerprint density at radius 3 is 2.52 bits per heavy atom. The fourth-order valence-electron chi connectivity index (χ4n) is 2.66. The van der Waals surface area contributed by atoms with E-state index >= 15 is 0 Å². The molecule has 0 spiro atoms. The number of rotatable bonds is 6. The van der Waals surface area contributed by atoms with Crippen LogP contribution in [0.3, 0.4) is 0 Å². The third kappa shape index (κ3) is 3.50.